The number of methoxy groups -OCH3 is 2. The molecule has 0 fully saturated rings. The Labute approximate surface area is 156 Å². The number of carbonyl (C=O) groups is 1. The Morgan fingerprint density at radius 3 is 2.41 bits per heavy atom. The Bertz CT molecular complexity index is 814. The van der Waals surface area contributed by atoms with Crippen LogP contribution in [-0.4, -0.2) is 38.1 Å². The molecule has 142 valence electrons. The molecule has 0 saturated carbocycles. The number of hydrogen-bond acceptors (Lipinski definition) is 6. The summed E-state index contributed by atoms with van der Waals surface area (Å²) in [4.78, 5) is 22.4. The van der Waals surface area contributed by atoms with Gasteiger partial charge in [-0.25, -0.2) is 0 Å². The van der Waals surface area contributed by atoms with Gasteiger partial charge in [-0.2, -0.15) is 0 Å². The Balaban J connectivity index is 1.85. The average Bonchev–Trinajstić information content (AvgIpc) is 2.69. The van der Waals surface area contributed by atoms with Gasteiger partial charge in [0.2, 0.25) is 5.91 Å². The molecule has 0 atom stereocenters. The minimum Gasteiger partial charge on any atom is -0.497 e. The second-order valence-electron chi connectivity index (χ2n) is 5.47. The summed E-state index contributed by atoms with van der Waals surface area (Å²) in [6.45, 7) is 0.675. The molecule has 0 saturated heterocycles. The molecular formula is C19H21N3O5. The highest BCUT2D eigenvalue weighted by Crippen LogP contribution is 2.23. The van der Waals surface area contributed by atoms with Gasteiger partial charge in [-0.3, -0.25) is 14.9 Å². The number of nitrogens with zero attached hydrogens (tertiary/aromatic N) is 1. The van der Waals surface area contributed by atoms with Crippen molar-refractivity contribution in [1.82, 2.24) is 5.32 Å². The largest absolute Gasteiger partial charge is 0.497 e. The minimum atomic E-state index is -0.452. The van der Waals surface area contributed by atoms with Crippen LogP contribution in [0.2, 0.25) is 0 Å². The number of nitrogens with one attached hydrogen (secondary N) is 2. The van der Waals surface area contributed by atoms with Crippen molar-refractivity contribution in [3.05, 3.63) is 64.2 Å². The highest BCUT2D eigenvalue weighted by molar-refractivity contribution is 5.91. The summed E-state index contributed by atoms with van der Waals surface area (Å²) < 4.78 is 10.4. The number of nitro groups is 1. The van der Waals surface area contributed by atoms with E-state index in [1.165, 1.54) is 12.1 Å². The van der Waals surface area contributed by atoms with Crippen molar-refractivity contribution >= 4 is 23.4 Å². The summed E-state index contributed by atoms with van der Waals surface area (Å²) in [5.41, 5.74) is 1.17. The van der Waals surface area contributed by atoms with Gasteiger partial charge in [-0.15, -0.1) is 0 Å². The Hall–Kier alpha value is -3.55. The first-order valence-corrected chi connectivity index (χ1v) is 8.19. The quantitative estimate of drug-likeness (QED) is 0.304. The summed E-state index contributed by atoms with van der Waals surface area (Å²) in [6.07, 6.45) is 3.05. The first-order chi connectivity index (χ1) is 13.0. The third-order valence-electron chi connectivity index (χ3n) is 3.64. The molecule has 0 aromatic heterocycles. The molecule has 0 aliphatic rings. The maximum absolute atomic E-state index is 11.9. The zero-order chi connectivity index (χ0) is 19.6. The van der Waals surface area contributed by atoms with E-state index in [0.29, 0.717) is 30.3 Å². The molecular weight excluding hydrogens is 350 g/mol. The Morgan fingerprint density at radius 1 is 1.11 bits per heavy atom. The maximum Gasteiger partial charge on any atom is 0.292 e. The smallest absolute Gasteiger partial charge is 0.292 e. The van der Waals surface area contributed by atoms with Gasteiger partial charge >= 0.3 is 0 Å². The van der Waals surface area contributed by atoms with Crippen molar-refractivity contribution in [2.45, 2.75) is 0 Å². The van der Waals surface area contributed by atoms with Crippen LogP contribution < -0.4 is 20.1 Å². The van der Waals surface area contributed by atoms with Crippen molar-refractivity contribution in [1.29, 1.82) is 0 Å². The van der Waals surface area contributed by atoms with E-state index in [-0.39, 0.29) is 11.6 Å². The number of amides is 1. The van der Waals surface area contributed by atoms with Crippen LogP contribution in [0.4, 0.5) is 11.4 Å². The highest BCUT2D eigenvalue weighted by Gasteiger charge is 2.11. The van der Waals surface area contributed by atoms with Crippen LogP contribution in [0.25, 0.3) is 6.08 Å². The number of rotatable bonds is 9. The molecule has 2 N–H and O–H groups in total. The zero-order valence-electron chi connectivity index (χ0n) is 15.1. The maximum atomic E-state index is 11.9. The van der Waals surface area contributed by atoms with Crippen LogP contribution in [0.3, 0.4) is 0 Å². The topological polar surface area (TPSA) is 103 Å². The average molecular weight is 371 g/mol. The molecule has 0 aliphatic heterocycles. The number of nitro benzene ring substituents is 1. The molecule has 0 spiro atoms. The van der Waals surface area contributed by atoms with Gasteiger partial charge in [0.25, 0.3) is 5.69 Å². The molecule has 0 radical (unpaired) electrons. The zero-order valence-corrected chi connectivity index (χ0v) is 15.1. The molecule has 27 heavy (non-hydrogen) atoms. The lowest BCUT2D eigenvalue weighted by atomic mass is 10.2. The molecule has 0 aliphatic carbocycles. The summed E-state index contributed by atoms with van der Waals surface area (Å²) in [6, 6.07) is 11.7. The molecule has 8 nitrogen and oxygen atoms in total. The normalized spacial score (nSPS) is 10.4. The predicted molar refractivity (Wildman–Crippen MR) is 103 cm³/mol. The Kier molecular flexibility index (Phi) is 7.18. The van der Waals surface area contributed by atoms with E-state index >= 15 is 0 Å². The number of benzene rings is 2. The summed E-state index contributed by atoms with van der Waals surface area (Å²) in [7, 11) is 3.11. The van der Waals surface area contributed by atoms with E-state index in [1.54, 1.807) is 56.7 Å². The molecule has 1 amide bonds. The second-order valence-corrected chi connectivity index (χ2v) is 5.47. The monoisotopic (exact) mass is 371 g/mol. The van der Waals surface area contributed by atoms with Crippen LogP contribution in [0.5, 0.6) is 11.5 Å². The fourth-order valence-electron chi connectivity index (χ4n) is 2.32. The molecule has 0 heterocycles. The van der Waals surface area contributed by atoms with Crippen LogP contribution in [-0.2, 0) is 4.79 Å². The lowest BCUT2D eigenvalue weighted by Crippen LogP contribution is -2.27. The van der Waals surface area contributed by atoms with E-state index in [1.807, 2.05) is 0 Å². The van der Waals surface area contributed by atoms with Gasteiger partial charge in [-0.1, -0.05) is 12.1 Å². The molecule has 2 rings (SSSR count). The first-order valence-electron chi connectivity index (χ1n) is 8.19. The van der Waals surface area contributed by atoms with Gasteiger partial charge in [0.1, 0.15) is 17.2 Å². The van der Waals surface area contributed by atoms with E-state index < -0.39 is 4.92 Å². The number of ether oxygens (including phenoxy) is 2. The lowest BCUT2D eigenvalue weighted by molar-refractivity contribution is -0.384. The summed E-state index contributed by atoms with van der Waals surface area (Å²) >= 11 is 0. The van der Waals surface area contributed by atoms with Crippen molar-refractivity contribution in [3.63, 3.8) is 0 Å². The van der Waals surface area contributed by atoms with Gasteiger partial charge in [0.05, 0.1) is 19.1 Å². The van der Waals surface area contributed by atoms with Crippen LogP contribution in [0.1, 0.15) is 5.56 Å². The van der Waals surface area contributed by atoms with E-state index in [9.17, 15) is 14.9 Å². The molecule has 0 bridgehead atoms. The predicted octanol–water partition coefficient (Wildman–Crippen LogP) is 2.85. The first kappa shape index (κ1) is 19.8. The van der Waals surface area contributed by atoms with Crippen molar-refractivity contribution in [2.24, 2.45) is 0 Å². The third-order valence-corrected chi connectivity index (χ3v) is 3.64. The fraction of sp³-hybridized carbons (Fsp3) is 0.211. The number of hydrogen-bond donors (Lipinski definition) is 2. The van der Waals surface area contributed by atoms with Crippen LogP contribution in [0.15, 0.2) is 48.5 Å². The summed E-state index contributed by atoms with van der Waals surface area (Å²) in [5.74, 6) is 0.979. The minimum absolute atomic E-state index is 0.00399. The molecule has 2 aromatic carbocycles. The molecule has 8 heteroatoms. The van der Waals surface area contributed by atoms with Crippen molar-refractivity contribution < 1.29 is 19.2 Å². The van der Waals surface area contributed by atoms with Crippen molar-refractivity contribution in [3.8, 4) is 11.5 Å². The number of anilines is 1. The van der Waals surface area contributed by atoms with Gasteiger partial charge in [0, 0.05) is 31.3 Å². The molecule has 2 aromatic rings. The number of carbonyl (C=O) groups excluding carboxylic acids is 1. The van der Waals surface area contributed by atoms with Gasteiger partial charge < -0.3 is 20.1 Å². The van der Waals surface area contributed by atoms with Crippen molar-refractivity contribution in [2.75, 3.05) is 32.6 Å². The van der Waals surface area contributed by atoms with E-state index in [0.717, 1.165) is 5.56 Å². The SMILES string of the molecule is COc1cc(/C=C/C(=O)NCCNc2ccccc2[N+](=O)[O-])cc(OC)c1. The van der Waals surface area contributed by atoms with E-state index in [2.05, 4.69) is 10.6 Å². The second kappa shape index (κ2) is 9.81. The standard InChI is InChI=1S/C19H21N3O5/c1-26-15-11-14(12-16(13-15)27-2)7-8-19(23)21-10-9-20-17-5-3-4-6-18(17)22(24)25/h3-8,11-13,20H,9-10H2,1-2H3,(H,21,23)/b8-7+. The van der Waals surface area contributed by atoms with Gasteiger partial charge in [0.15, 0.2) is 0 Å². The third kappa shape index (κ3) is 6.03. The Morgan fingerprint density at radius 2 is 1.78 bits per heavy atom. The van der Waals surface area contributed by atoms with Gasteiger partial charge in [-0.05, 0) is 29.8 Å². The molecule has 0 unspecified atom stereocenters. The highest BCUT2D eigenvalue weighted by atomic mass is 16.6. The fourth-order valence-corrected chi connectivity index (χ4v) is 2.32. The summed E-state index contributed by atoms with van der Waals surface area (Å²) in [5, 5.41) is 16.6. The van der Waals surface area contributed by atoms with E-state index in [4.69, 9.17) is 9.47 Å². The van der Waals surface area contributed by atoms with Crippen LogP contribution >= 0.6 is 0 Å². The lowest BCUT2D eigenvalue weighted by Gasteiger charge is -2.07. The number of para-hydroxylation sites is 2. The van der Waals surface area contributed by atoms with Crippen LogP contribution in [0, 0.1) is 10.1 Å².